The van der Waals surface area contributed by atoms with Gasteiger partial charge in [-0.05, 0) is 39.2 Å². The number of hydrogen-bond donors (Lipinski definition) is 1. The molecule has 1 amide bonds. The van der Waals surface area contributed by atoms with Crippen LogP contribution in [0.5, 0.6) is 0 Å². The molecule has 2 aromatic heterocycles. The van der Waals surface area contributed by atoms with Crippen molar-refractivity contribution in [1.82, 2.24) is 24.6 Å². The van der Waals surface area contributed by atoms with Crippen LogP contribution in [-0.2, 0) is 11.3 Å². The summed E-state index contributed by atoms with van der Waals surface area (Å²) in [7, 11) is 4.08. The van der Waals surface area contributed by atoms with E-state index in [-0.39, 0.29) is 11.7 Å². The van der Waals surface area contributed by atoms with E-state index in [4.69, 9.17) is 5.73 Å². The summed E-state index contributed by atoms with van der Waals surface area (Å²) >= 11 is 1.32. The largest absolute Gasteiger partial charge is 0.369 e. The molecule has 0 atom stereocenters. The van der Waals surface area contributed by atoms with E-state index < -0.39 is 0 Å². The quantitative estimate of drug-likeness (QED) is 0.726. The highest BCUT2D eigenvalue weighted by Gasteiger charge is 2.14. The third-order valence-corrected chi connectivity index (χ3v) is 3.98. The molecule has 0 spiro atoms. The van der Waals surface area contributed by atoms with Crippen LogP contribution in [0.15, 0.2) is 29.7 Å². The Morgan fingerprint density at radius 2 is 2.05 bits per heavy atom. The second kappa shape index (κ2) is 7.90. The minimum atomic E-state index is -0.363. The molecule has 0 bridgehead atoms. The van der Waals surface area contributed by atoms with Crippen molar-refractivity contribution < 1.29 is 4.79 Å². The molecule has 7 nitrogen and oxygen atoms in total. The lowest BCUT2D eigenvalue weighted by atomic mass is 10.2. The summed E-state index contributed by atoms with van der Waals surface area (Å²) in [5.74, 6) is 0.619. The summed E-state index contributed by atoms with van der Waals surface area (Å²) in [6, 6.07) is 3.80. The molecule has 2 aromatic rings. The Kier molecular flexibility index (Phi) is 5.91. The van der Waals surface area contributed by atoms with Crippen LogP contribution in [0.4, 0.5) is 0 Å². The number of nitrogens with two attached hydrogens (primary N) is 1. The summed E-state index contributed by atoms with van der Waals surface area (Å²) in [6.07, 6.45) is 4.42. The number of nitrogens with zero attached hydrogens (tertiary/aromatic N) is 5. The van der Waals surface area contributed by atoms with E-state index in [9.17, 15) is 4.79 Å². The molecule has 118 valence electrons. The minimum Gasteiger partial charge on any atom is -0.369 e. The third kappa shape index (κ3) is 4.54. The molecule has 0 unspecified atom stereocenters. The van der Waals surface area contributed by atoms with Crippen molar-refractivity contribution >= 4 is 17.7 Å². The smallest absolute Gasteiger partial charge is 0.227 e. The predicted molar refractivity (Wildman–Crippen MR) is 86.3 cm³/mol. The lowest BCUT2D eigenvalue weighted by Crippen LogP contribution is -2.16. The maximum atomic E-state index is 11.0. The Labute approximate surface area is 133 Å². The highest BCUT2D eigenvalue weighted by Crippen LogP contribution is 2.23. The van der Waals surface area contributed by atoms with E-state index in [1.807, 2.05) is 30.8 Å². The zero-order valence-electron chi connectivity index (χ0n) is 12.8. The SMILES string of the molecule is CN(C)CCCn1c(SCC(N)=O)nnc1-c1ccncc1. The Balaban J connectivity index is 2.22. The van der Waals surface area contributed by atoms with Gasteiger partial charge in [-0.2, -0.15) is 0 Å². The van der Waals surface area contributed by atoms with Crippen molar-refractivity contribution in [2.24, 2.45) is 5.73 Å². The summed E-state index contributed by atoms with van der Waals surface area (Å²) in [5.41, 5.74) is 6.17. The van der Waals surface area contributed by atoms with Crippen LogP contribution in [-0.4, -0.2) is 56.9 Å². The van der Waals surface area contributed by atoms with Gasteiger partial charge < -0.3 is 15.2 Å². The van der Waals surface area contributed by atoms with Crippen molar-refractivity contribution in [2.45, 2.75) is 18.1 Å². The topological polar surface area (TPSA) is 89.9 Å². The van der Waals surface area contributed by atoms with Gasteiger partial charge in [-0.1, -0.05) is 11.8 Å². The average molecular weight is 320 g/mol. The first-order chi connectivity index (χ1) is 10.6. The zero-order valence-corrected chi connectivity index (χ0v) is 13.6. The first-order valence-electron chi connectivity index (χ1n) is 6.97. The van der Waals surface area contributed by atoms with Crippen LogP contribution in [0, 0.1) is 0 Å². The van der Waals surface area contributed by atoms with Crippen LogP contribution in [0.1, 0.15) is 6.42 Å². The predicted octanol–water partition coefficient (Wildman–Crippen LogP) is 0.869. The number of carbonyl (C=O) groups excluding carboxylic acids is 1. The van der Waals surface area contributed by atoms with E-state index in [2.05, 4.69) is 20.1 Å². The highest BCUT2D eigenvalue weighted by molar-refractivity contribution is 7.99. The number of rotatable bonds is 8. The van der Waals surface area contributed by atoms with Gasteiger partial charge in [-0.3, -0.25) is 9.78 Å². The number of hydrogen-bond acceptors (Lipinski definition) is 6. The Morgan fingerprint density at radius 1 is 1.32 bits per heavy atom. The van der Waals surface area contributed by atoms with Gasteiger partial charge in [0.2, 0.25) is 5.91 Å². The molecule has 0 aliphatic carbocycles. The number of carbonyl (C=O) groups is 1. The van der Waals surface area contributed by atoms with Gasteiger partial charge >= 0.3 is 0 Å². The van der Waals surface area contributed by atoms with Crippen molar-refractivity contribution in [3.8, 4) is 11.4 Å². The standard InChI is InChI=1S/C14H20N6OS/c1-19(2)8-3-9-20-13(11-4-6-16-7-5-11)17-18-14(20)22-10-12(15)21/h4-7H,3,8-10H2,1-2H3,(H2,15,21). The Hall–Kier alpha value is -1.93. The maximum Gasteiger partial charge on any atom is 0.227 e. The molecule has 0 aromatic carbocycles. The summed E-state index contributed by atoms with van der Waals surface area (Å²) in [6.45, 7) is 1.75. The van der Waals surface area contributed by atoms with Gasteiger partial charge in [0, 0.05) is 24.5 Å². The van der Waals surface area contributed by atoms with Gasteiger partial charge in [0.25, 0.3) is 0 Å². The van der Waals surface area contributed by atoms with Gasteiger partial charge in [-0.25, -0.2) is 0 Å². The second-order valence-electron chi connectivity index (χ2n) is 5.11. The Morgan fingerprint density at radius 3 is 2.68 bits per heavy atom. The number of primary amides is 1. The molecule has 2 rings (SSSR count). The second-order valence-corrected chi connectivity index (χ2v) is 6.05. The van der Waals surface area contributed by atoms with Crippen LogP contribution >= 0.6 is 11.8 Å². The molecule has 0 aliphatic heterocycles. The number of aromatic nitrogens is 4. The van der Waals surface area contributed by atoms with Gasteiger partial charge in [0.15, 0.2) is 11.0 Å². The fraction of sp³-hybridized carbons (Fsp3) is 0.429. The van der Waals surface area contributed by atoms with Gasteiger partial charge in [0.1, 0.15) is 0 Å². The minimum absolute atomic E-state index is 0.197. The van der Waals surface area contributed by atoms with E-state index in [0.29, 0.717) is 5.16 Å². The fourth-order valence-corrected chi connectivity index (χ4v) is 2.70. The van der Waals surface area contributed by atoms with Crippen molar-refractivity contribution in [1.29, 1.82) is 0 Å². The van der Waals surface area contributed by atoms with E-state index in [0.717, 1.165) is 30.9 Å². The van der Waals surface area contributed by atoms with Gasteiger partial charge in [-0.15, -0.1) is 10.2 Å². The van der Waals surface area contributed by atoms with Crippen molar-refractivity contribution in [2.75, 3.05) is 26.4 Å². The maximum absolute atomic E-state index is 11.0. The molecular weight excluding hydrogens is 300 g/mol. The molecule has 0 radical (unpaired) electrons. The normalized spacial score (nSPS) is 11.0. The average Bonchev–Trinajstić information content (AvgIpc) is 2.89. The summed E-state index contributed by atoms with van der Waals surface area (Å²) in [5, 5.41) is 9.17. The molecule has 0 saturated heterocycles. The lowest BCUT2D eigenvalue weighted by molar-refractivity contribution is -0.115. The van der Waals surface area contributed by atoms with Crippen molar-refractivity contribution in [3.63, 3.8) is 0 Å². The summed E-state index contributed by atoms with van der Waals surface area (Å²) < 4.78 is 2.03. The molecule has 0 saturated carbocycles. The molecule has 0 fully saturated rings. The molecule has 22 heavy (non-hydrogen) atoms. The van der Waals surface area contributed by atoms with Crippen molar-refractivity contribution in [3.05, 3.63) is 24.5 Å². The molecular formula is C14H20N6OS. The molecule has 8 heteroatoms. The van der Waals surface area contributed by atoms with Crippen LogP contribution < -0.4 is 5.73 Å². The van der Waals surface area contributed by atoms with E-state index >= 15 is 0 Å². The monoisotopic (exact) mass is 320 g/mol. The van der Waals surface area contributed by atoms with Crippen LogP contribution in [0.2, 0.25) is 0 Å². The lowest BCUT2D eigenvalue weighted by Gasteiger charge is -2.12. The Bertz CT molecular complexity index is 613. The number of pyridine rings is 1. The third-order valence-electron chi connectivity index (χ3n) is 2.99. The van der Waals surface area contributed by atoms with Crippen LogP contribution in [0.25, 0.3) is 11.4 Å². The molecule has 2 heterocycles. The first kappa shape index (κ1) is 16.4. The van der Waals surface area contributed by atoms with E-state index in [1.165, 1.54) is 11.8 Å². The van der Waals surface area contributed by atoms with Crippen LogP contribution in [0.3, 0.4) is 0 Å². The first-order valence-corrected chi connectivity index (χ1v) is 7.96. The number of thioether (sulfide) groups is 1. The molecule has 2 N–H and O–H groups in total. The summed E-state index contributed by atoms with van der Waals surface area (Å²) in [4.78, 5) is 17.1. The number of amides is 1. The zero-order chi connectivity index (χ0) is 15.9. The molecule has 0 aliphatic rings. The fourth-order valence-electron chi connectivity index (χ4n) is 1.99. The van der Waals surface area contributed by atoms with Gasteiger partial charge in [0.05, 0.1) is 5.75 Å². The highest BCUT2D eigenvalue weighted by atomic mass is 32.2. The van der Waals surface area contributed by atoms with E-state index in [1.54, 1.807) is 12.4 Å².